The molecule has 0 bridgehead atoms. The van der Waals surface area contributed by atoms with Crippen molar-refractivity contribution < 1.29 is 4.74 Å². The molecule has 0 radical (unpaired) electrons. The molecule has 0 aromatic heterocycles. The first-order valence-corrected chi connectivity index (χ1v) is 7.92. The fourth-order valence-corrected chi connectivity index (χ4v) is 3.17. The van der Waals surface area contributed by atoms with Crippen LogP contribution >= 0.6 is 23.2 Å². The summed E-state index contributed by atoms with van der Waals surface area (Å²) in [6.45, 7) is 2.11. The molecule has 0 unspecified atom stereocenters. The van der Waals surface area contributed by atoms with Crippen LogP contribution in [0, 0.1) is 0 Å². The Morgan fingerprint density at radius 1 is 0.952 bits per heavy atom. The van der Waals surface area contributed by atoms with Crippen LogP contribution in [0.1, 0.15) is 24.3 Å². The summed E-state index contributed by atoms with van der Waals surface area (Å²) in [5.74, 6) is 2.06. The van der Waals surface area contributed by atoms with E-state index in [2.05, 4.69) is 17.4 Å². The summed E-state index contributed by atoms with van der Waals surface area (Å²) in [6, 6.07) is 13.5. The van der Waals surface area contributed by atoms with Gasteiger partial charge in [-0.1, -0.05) is 41.4 Å². The van der Waals surface area contributed by atoms with Gasteiger partial charge in [-0.2, -0.15) is 0 Å². The molecule has 110 valence electrons. The standard InChI is InChI=1S/C17H17Cl2NO/c18-13-5-6-17(15(19)11-13)21-16-4-2-1-3-14(16)12-7-9-20-10-8-12/h1-6,11-12,20H,7-10H2. The first-order valence-electron chi connectivity index (χ1n) is 7.16. The molecule has 2 aromatic carbocycles. The lowest BCUT2D eigenvalue weighted by Crippen LogP contribution is -2.26. The van der Waals surface area contributed by atoms with Gasteiger partial charge in [0, 0.05) is 5.02 Å². The van der Waals surface area contributed by atoms with Gasteiger partial charge in [0.2, 0.25) is 0 Å². The van der Waals surface area contributed by atoms with Crippen molar-refractivity contribution in [2.45, 2.75) is 18.8 Å². The van der Waals surface area contributed by atoms with E-state index in [1.165, 1.54) is 5.56 Å². The molecule has 1 fully saturated rings. The third kappa shape index (κ3) is 3.52. The molecule has 0 spiro atoms. The van der Waals surface area contributed by atoms with Gasteiger partial charge in [-0.3, -0.25) is 0 Å². The molecular weight excluding hydrogens is 305 g/mol. The largest absolute Gasteiger partial charge is 0.456 e. The van der Waals surface area contributed by atoms with Gasteiger partial charge in [0.15, 0.2) is 0 Å². The van der Waals surface area contributed by atoms with Crippen LogP contribution in [0.3, 0.4) is 0 Å². The zero-order chi connectivity index (χ0) is 14.7. The van der Waals surface area contributed by atoms with Crippen LogP contribution in [0.5, 0.6) is 11.5 Å². The molecule has 0 saturated carbocycles. The maximum atomic E-state index is 6.20. The molecule has 1 aliphatic heterocycles. The van der Waals surface area contributed by atoms with Crippen LogP contribution in [0.25, 0.3) is 0 Å². The molecule has 1 N–H and O–H groups in total. The Labute approximate surface area is 135 Å². The van der Waals surface area contributed by atoms with Gasteiger partial charge >= 0.3 is 0 Å². The van der Waals surface area contributed by atoms with Crippen LogP contribution in [0.15, 0.2) is 42.5 Å². The maximum Gasteiger partial charge on any atom is 0.146 e. The van der Waals surface area contributed by atoms with Crippen LogP contribution < -0.4 is 10.1 Å². The molecule has 0 atom stereocenters. The van der Waals surface area contributed by atoms with Gasteiger partial charge in [0.1, 0.15) is 11.5 Å². The van der Waals surface area contributed by atoms with Crippen LogP contribution in [-0.4, -0.2) is 13.1 Å². The highest BCUT2D eigenvalue weighted by Gasteiger charge is 2.19. The molecule has 4 heteroatoms. The normalized spacial score (nSPS) is 15.9. The Bertz CT molecular complexity index is 624. The Morgan fingerprint density at radius 2 is 1.71 bits per heavy atom. The third-order valence-corrected chi connectivity index (χ3v) is 4.34. The van der Waals surface area contributed by atoms with Crippen molar-refractivity contribution in [3.8, 4) is 11.5 Å². The summed E-state index contributed by atoms with van der Waals surface area (Å²) in [7, 11) is 0. The number of benzene rings is 2. The number of piperidine rings is 1. The van der Waals surface area contributed by atoms with Crippen molar-refractivity contribution in [2.75, 3.05) is 13.1 Å². The van der Waals surface area contributed by atoms with Gasteiger partial charge in [-0.25, -0.2) is 0 Å². The van der Waals surface area contributed by atoms with E-state index < -0.39 is 0 Å². The minimum absolute atomic E-state index is 0.530. The summed E-state index contributed by atoms with van der Waals surface area (Å²) >= 11 is 12.1. The molecule has 2 aromatic rings. The average Bonchev–Trinajstić information content (AvgIpc) is 2.51. The highest BCUT2D eigenvalue weighted by atomic mass is 35.5. The topological polar surface area (TPSA) is 21.3 Å². The van der Waals surface area contributed by atoms with E-state index >= 15 is 0 Å². The number of nitrogens with one attached hydrogen (secondary N) is 1. The molecule has 21 heavy (non-hydrogen) atoms. The minimum Gasteiger partial charge on any atom is -0.456 e. The second kappa shape index (κ2) is 6.69. The lowest BCUT2D eigenvalue weighted by atomic mass is 9.89. The fourth-order valence-electron chi connectivity index (χ4n) is 2.72. The van der Waals surface area contributed by atoms with Crippen molar-refractivity contribution in [3.05, 3.63) is 58.1 Å². The Balaban J connectivity index is 1.88. The highest BCUT2D eigenvalue weighted by molar-refractivity contribution is 6.35. The van der Waals surface area contributed by atoms with Crippen LogP contribution in [-0.2, 0) is 0 Å². The maximum absolute atomic E-state index is 6.20. The third-order valence-electron chi connectivity index (χ3n) is 3.81. The monoisotopic (exact) mass is 321 g/mol. The highest BCUT2D eigenvalue weighted by Crippen LogP contribution is 2.37. The molecular formula is C17H17Cl2NO. The van der Waals surface area contributed by atoms with Crippen molar-refractivity contribution in [3.63, 3.8) is 0 Å². The lowest BCUT2D eigenvalue weighted by molar-refractivity contribution is 0.430. The zero-order valence-electron chi connectivity index (χ0n) is 11.6. The minimum atomic E-state index is 0.530. The molecule has 1 aliphatic rings. The smallest absolute Gasteiger partial charge is 0.146 e. The Hall–Kier alpha value is -1.22. The summed E-state index contributed by atoms with van der Waals surface area (Å²) in [6.07, 6.45) is 2.27. The van der Waals surface area contributed by atoms with Crippen molar-refractivity contribution >= 4 is 23.2 Å². The van der Waals surface area contributed by atoms with Gasteiger partial charge in [-0.15, -0.1) is 0 Å². The number of halogens is 2. The summed E-state index contributed by atoms with van der Waals surface area (Å²) in [5, 5.41) is 4.53. The average molecular weight is 322 g/mol. The Morgan fingerprint density at radius 3 is 2.48 bits per heavy atom. The van der Waals surface area contributed by atoms with Crippen molar-refractivity contribution in [1.82, 2.24) is 5.32 Å². The predicted octanol–water partition coefficient (Wildman–Crippen LogP) is 5.25. The number of hydrogen-bond acceptors (Lipinski definition) is 2. The second-order valence-corrected chi connectivity index (χ2v) is 6.08. The van der Waals surface area contributed by atoms with E-state index in [9.17, 15) is 0 Å². The molecule has 3 rings (SSSR count). The number of hydrogen-bond donors (Lipinski definition) is 1. The second-order valence-electron chi connectivity index (χ2n) is 5.24. The van der Waals surface area contributed by atoms with Gasteiger partial charge < -0.3 is 10.1 Å². The van der Waals surface area contributed by atoms with Crippen molar-refractivity contribution in [1.29, 1.82) is 0 Å². The van der Waals surface area contributed by atoms with E-state index in [1.54, 1.807) is 12.1 Å². The molecule has 2 nitrogen and oxygen atoms in total. The summed E-state index contributed by atoms with van der Waals surface area (Å²) < 4.78 is 6.04. The summed E-state index contributed by atoms with van der Waals surface area (Å²) in [5.41, 5.74) is 1.25. The van der Waals surface area contributed by atoms with E-state index in [0.717, 1.165) is 31.7 Å². The number of rotatable bonds is 3. The van der Waals surface area contributed by atoms with Gasteiger partial charge in [0.25, 0.3) is 0 Å². The number of ether oxygens (including phenoxy) is 1. The first kappa shape index (κ1) is 14.7. The predicted molar refractivity (Wildman–Crippen MR) is 87.8 cm³/mol. The summed E-state index contributed by atoms with van der Waals surface area (Å²) in [4.78, 5) is 0. The lowest BCUT2D eigenvalue weighted by Gasteiger charge is -2.25. The molecule has 1 saturated heterocycles. The quantitative estimate of drug-likeness (QED) is 0.833. The van der Waals surface area contributed by atoms with Crippen LogP contribution in [0.4, 0.5) is 0 Å². The molecule has 1 heterocycles. The van der Waals surface area contributed by atoms with Gasteiger partial charge in [0.05, 0.1) is 5.02 Å². The van der Waals surface area contributed by atoms with Crippen LogP contribution in [0.2, 0.25) is 10.0 Å². The molecule has 0 amide bonds. The SMILES string of the molecule is Clc1ccc(Oc2ccccc2C2CCNCC2)c(Cl)c1. The first-order chi connectivity index (χ1) is 10.2. The van der Waals surface area contributed by atoms with Gasteiger partial charge in [-0.05, 0) is 61.7 Å². The van der Waals surface area contributed by atoms with Crippen molar-refractivity contribution in [2.24, 2.45) is 0 Å². The van der Waals surface area contributed by atoms with E-state index in [4.69, 9.17) is 27.9 Å². The van der Waals surface area contributed by atoms with E-state index in [-0.39, 0.29) is 0 Å². The number of para-hydroxylation sites is 1. The zero-order valence-corrected chi connectivity index (χ0v) is 13.1. The Kier molecular flexibility index (Phi) is 4.69. The molecule has 0 aliphatic carbocycles. The van der Waals surface area contributed by atoms with E-state index in [0.29, 0.717) is 21.7 Å². The fraction of sp³-hybridized carbons (Fsp3) is 0.294. The van der Waals surface area contributed by atoms with E-state index in [1.807, 2.05) is 18.2 Å².